The van der Waals surface area contributed by atoms with Crippen molar-refractivity contribution >= 4 is 5.97 Å². The van der Waals surface area contributed by atoms with Crippen molar-refractivity contribution in [1.29, 1.82) is 0 Å². The van der Waals surface area contributed by atoms with E-state index >= 15 is 0 Å². The largest absolute Gasteiger partial charge is 0.446 e. The van der Waals surface area contributed by atoms with Crippen LogP contribution >= 0.6 is 0 Å². The fourth-order valence-corrected chi connectivity index (χ4v) is 1.08. The molecule has 78 valence electrons. The average Bonchev–Trinajstić information content (AvgIpc) is 2.27. The molecule has 0 amide bonds. The molecule has 0 N–H and O–H groups in total. The van der Waals surface area contributed by atoms with Crippen LogP contribution in [0.15, 0.2) is 30.3 Å². The molecule has 1 rings (SSSR count). The minimum Gasteiger partial charge on any atom is -0.446 e. The summed E-state index contributed by atoms with van der Waals surface area (Å²) in [6, 6.07) is 8.92. The van der Waals surface area contributed by atoms with Crippen LogP contribution in [0.2, 0.25) is 0 Å². The fourth-order valence-electron chi connectivity index (χ4n) is 1.08. The van der Waals surface area contributed by atoms with E-state index in [-0.39, 0.29) is 12.1 Å². The highest BCUT2D eigenvalue weighted by Crippen LogP contribution is 2.03. The van der Waals surface area contributed by atoms with E-state index in [0.29, 0.717) is 5.56 Å². The van der Waals surface area contributed by atoms with E-state index in [0.717, 1.165) is 6.42 Å². The molecular weight excluding hydrogens is 188 g/mol. The molecule has 0 bridgehead atoms. The summed E-state index contributed by atoms with van der Waals surface area (Å²) >= 11 is 0. The lowest BCUT2D eigenvalue weighted by Gasteiger charge is -2.06. The van der Waals surface area contributed by atoms with E-state index < -0.39 is 0 Å². The lowest BCUT2D eigenvalue weighted by Crippen LogP contribution is -2.13. The van der Waals surface area contributed by atoms with Crippen LogP contribution in [-0.4, -0.2) is 12.1 Å². The maximum atomic E-state index is 11.5. The first-order valence-electron chi connectivity index (χ1n) is 4.98. The van der Waals surface area contributed by atoms with Gasteiger partial charge in [0, 0.05) is 6.42 Å². The van der Waals surface area contributed by atoms with E-state index in [4.69, 9.17) is 4.74 Å². The topological polar surface area (TPSA) is 26.3 Å². The van der Waals surface area contributed by atoms with Crippen LogP contribution in [0.1, 0.15) is 30.6 Å². The van der Waals surface area contributed by atoms with Gasteiger partial charge in [-0.05, 0) is 19.1 Å². The second-order valence-corrected chi connectivity index (χ2v) is 3.09. The number of hydrogen-bond donors (Lipinski definition) is 0. The van der Waals surface area contributed by atoms with Crippen molar-refractivity contribution in [2.45, 2.75) is 26.4 Å². The molecule has 2 heteroatoms. The first-order valence-corrected chi connectivity index (χ1v) is 4.98. The highest BCUT2D eigenvalue weighted by Gasteiger charge is 2.08. The van der Waals surface area contributed by atoms with Crippen LogP contribution in [0.5, 0.6) is 0 Å². The van der Waals surface area contributed by atoms with E-state index in [1.807, 2.05) is 13.0 Å². The van der Waals surface area contributed by atoms with Gasteiger partial charge in [0.25, 0.3) is 0 Å². The average molecular weight is 202 g/mol. The lowest BCUT2D eigenvalue weighted by atomic mass is 10.2. The highest BCUT2D eigenvalue weighted by atomic mass is 16.5. The Morgan fingerprint density at radius 1 is 1.40 bits per heavy atom. The number of carbonyl (C=O) groups is 1. The molecule has 0 aliphatic rings. The molecule has 0 radical (unpaired) electrons. The molecule has 0 heterocycles. The number of hydrogen-bond acceptors (Lipinski definition) is 2. The van der Waals surface area contributed by atoms with Crippen LogP contribution in [0.25, 0.3) is 0 Å². The van der Waals surface area contributed by atoms with Gasteiger partial charge in [-0.3, -0.25) is 0 Å². The quantitative estimate of drug-likeness (QED) is 0.544. The molecule has 1 unspecified atom stereocenters. The molecule has 0 aromatic heterocycles. The second-order valence-electron chi connectivity index (χ2n) is 3.09. The van der Waals surface area contributed by atoms with Gasteiger partial charge in [-0.1, -0.05) is 37.0 Å². The summed E-state index contributed by atoms with van der Waals surface area (Å²) in [5.41, 5.74) is 0.558. The Bertz CT molecular complexity index is 371. The summed E-state index contributed by atoms with van der Waals surface area (Å²) in [4.78, 5) is 11.5. The van der Waals surface area contributed by atoms with Gasteiger partial charge in [0.2, 0.25) is 0 Å². The van der Waals surface area contributed by atoms with E-state index in [1.54, 1.807) is 31.2 Å². The summed E-state index contributed by atoms with van der Waals surface area (Å²) in [5, 5.41) is 0. The van der Waals surface area contributed by atoms with E-state index in [1.165, 1.54) is 0 Å². The monoisotopic (exact) mass is 202 g/mol. The highest BCUT2D eigenvalue weighted by molar-refractivity contribution is 5.89. The summed E-state index contributed by atoms with van der Waals surface area (Å²) in [6.07, 6.45) is 0.422. The van der Waals surface area contributed by atoms with Crippen LogP contribution < -0.4 is 0 Å². The summed E-state index contributed by atoms with van der Waals surface area (Å²) in [6.45, 7) is 3.72. The zero-order valence-electron chi connectivity index (χ0n) is 8.99. The third kappa shape index (κ3) is 3.86. The molecule has 15 heavy (non-hydrogen) atoms. The molecule has 1 aromatic rings. The van der Waals surface area contributed by atoms with E-state index in [9.17, 15) is 4.79 Å². The first-order chi connectivity index (χ1) is 7.24. The Morgan fingerprint density at radius 2 is 2.07 bits per heavy atom. The molecule has 0 aliphatic carbocycles. The normalized spacial score (nSPS) is 11.1. The van der Waals surface area contributed by atoms with Crippen LogP contribution in [-0.2, 0) is 4.74 Å². The summed E-state index contributed by atoms with van der Waals surface area (Å²) in [7, 11) is 0. The van der Waals surface area contributed by atoms with E-state index in [2.05, 4.69) is 11.8 Å². The maximum absolute atomic E-state index is 11.5. The Morgan fingerprint density at radius 3 is 2.67 bits per heavy atom. The Kier molecular flexibility index (Phi) is 4.43. The van der Waals surface area contributed by atoms with Gasteiger partial charge in [-0.25, -0.2) is 4.79 Å². The van der Waals surface area contributed by atoms with Crippen molar-refractivity contribution in [2.75, 3.05) is 0 Å². The van der Waals surface area contributed by atoms with Gasteiger partial charge >= 0.3 is 5.97 Å². The number of rotatable bonds is 2. The third-order valence-corrected chi connectivity index (χ3v) is 1.78. The predicted molar refractivity (Wildman–Crippen MR) is 59.4 cm³/mol. The number of ether oxygens (including phenoxy) is 1. The molecular formula is C13H14O2. The van der Waals surface area contributed by atoms with Crippen molar-refractivity contribution in [3.8, 4) is 11.8 Å². The smallest absolute Gasteiger partial charge is 0.339 e. The predicted octanol–water partition coefficient (Wildman–Crippen LogP) is 2.65. The SMILES string of the molecule is CCC#CC(C)OC(=O)c1ccccc1. The number of benzene rings is 1. The molecule has 1 atom stereocenters. The van der Waals surface area contributed by atoms with Crippen molar-refractivity contribution < 1.29 is 9.53 Å². The maximum Gasteiger partial charge on any atom is 0.339 e. The number of esters is 1. The van der Waals surface area contributed by atoms with Gasteiger partial charge in [-0.15, -0.1) is 0 Å². The second kappa shape index (κ2) is 5.87. The lowest BCUT2D eigenvalue weighted by molar-refractivity contribution is 0.0438. The van der Waals surface area contributed by atoms with Crippen molar-refractivity contribution in [3.63, 3.8) is 0 Å². The zero-order valence-corrected chi connectivity index (χ0v) is 8.99. The Balaban J connectivity index is 2.57. The van der Waals surface area contributed by atoms with Crippen molar-refractivity contribution in [3.05, 3.63) is 35.9 Å². The molecule has 2 nitrogen and oxygen atoms in total. The van der Waals surface area contributed by atoms with Gasteiger partial charge in [0.1, 0.15) is 0 Å². The minimum atomic E-state index is -0.349. The van der Waals surface area contributed by atoms with Gasteiger partial charge in [-0.2, -0.15) is 0 Å². The molecule has 0 spiro atoms. The Labute approximate surface area is 90.3 Å². The molecule has 0 fully saturated rings. The van der Waals surface area contributed by atoms with Crippen molar-refractivity contribution in [2.24, 2.45) is 0 Å². The van der Waals surface area contributed by atoms with Crippen LogP contribution in [0, 0.1) is 11.8 Å². The van der Waals surface area contributed by atoms with Crippen molar-refractivity contribution in [1.82, 2.24) is 0 Å². The fraction of sp³-hybridized carbons (Fsp3) is 0.308. The van der Waals surface area contributed by atoms with Gasteiger partial charge in [0.05, 0.1) is 5.56 Å². The van der Waals surface area contributed by atoms with Gasteiger partial charge in [0.15, 0.2) is 6.10 Å². The summed E-state index contributed by atoms with van der Waals surface area (Å²) in [5.74, 6) is 5.39. The first kappa shape index (κ1) is 11.3. The molecule has 0 saturated heterocycles. The zero-order chi connectivity index (χ0) is 11.1. The molecule has 1 aromatic carbocycles. The standard InChI is InChI=1S/C13H14O2/c1-3-4-8-11(2)15-13(14)12-9-6-5-7-10-12/h5-7,9-11H,3H2,1-2H3. The minimum absolute atomic E-state index is 0.325. The van der Waals surface area contributed by atoms with Crippen LogP contribution in [0.4, 0.5) is 0 Å². The van der Waals surface area contributed by atoms with Crippen LogP contribution in [0.3, 0.4) is 0 Å². The Hall–Kier alpha value is -1.75. The van der Waals surface area contributed by atoms with Gasteiger partial charge < -0.3 is 4.74 Å². The molecule has 0 saturated carbocycles. The molecule has 0 aliphatic heterocycles. The summed E-state index contributed by atoms with van der Waals surface area (Å²) < 4.78 is 5.13. The number of carbonyl (C=O) groups excluding carboxylic acids is 1. The third-order valence-electron chi connectivity index (χ3n) is 1.78.